The fourth-order valence-corrected chi connectivity index (χ4v) is 1.93. The number of aliphatic hydroxyl groups excluding tert-OH is 1. The molecule has 2 unspecified atom stereocenters. The van der Waals surface area contributed by atoms with Crippen LogP contribution in [0.5, 0.6) is 0 Å². The van der Waals surface area contributed by atoms with Gasteiger partial charge in [0.15, 0.2) is 5.54 Å². The molecule has 1 aliphatic heterocycles. The van der Waals surface area contributed by atoms with Crippen molar-refractivity contribution >= 4 is 5.97 Å². The first kappa shape index (κ1) is 12.0. The molecule has 2 N–H and O–H groups in total. The van der Waals surface area contributed by atoms with Gasteiger partial charge in [-0.25, -0.2) is 9.86 Å². The summed E-state index contributed by atoms with van der Waals surface area (Å²) in [4.78, 5) is 11.8. The minimum atomic E-state index is -1.16. The van der Waals surface area contributed by atoms with Gasteiger partial charge in [-0.3, -0.25) is 5.21 Å². The van der Waals surface area contributed by atoms with Crippen LogP contribution < -0.4 is 0 Å². The molecule has 0 saturated heterocycles. The van der Waals surface area contributed by atoms with Crippen LogP contribution in [0.2, 0.25) is 0 Å². The van der Waals surface area contributed by atoms with Crippen LogP contribution in [0.3, 0.4) is 0 Å². The molecule has 0 spiro atoms. The molecule has 5 heteroatoms. The molecule has 0 radical (unpaired) electrons. The van der Waals surface area contributed by atoms with Gasteiger partial charge in [-0.1, -0.05) is 13.0 Å². The second-order valence-electron chi connectivity index (χ2n) is 3.47. The monoisotopic (exact) mass is 215 g/mol. The van der Waals surface area contributed by atoms with E-state index in [2.05, 4.69) is 0 Å². The van der Waals surface area contributed by atoms with Crippen LogP contribution in [0.4, 0.5) is 0 Å². The van der Waals surface area contributed by atoms with Gasteiger partial charge in [0.1, 0.15) is 0 Å². The Morgan fingerprint density at radius 1 is 1.60 bits per heavy atom. The number of rotatable bonds is 4. The van der Waals surface area contributed by atoms with Gasteiger partial charge in [0, 0.05) is 12.1 Å². The zero-order valence-corrected chi connectivity index (χ0v) is 9.01. The van der Waals surface area contributed by atoms with Crippen molar-refractivity contribution in [3.8, 4) is 0 Å². The van der Waals surface area contributed by atoms with Gasteiger partial charge in [-0.15, -0.1) is 0 Å². The van der Waals surface area contributed by atoms with Crippen molar-refractivity contribution in [2.75, 3.05) is 13.2 Å². The van der Waals surface area contributed by atoms with E-state index in [9.17, 15) is 15.1 Å². The Morgan fingerprint density at radius 3 is 2.73 bits per heavy atom. The lowest BCUT2D eigenvalue weighted by atomic mass is 9.84. The minimum Gasteiger partial charge on any atom is -0.464 e. The molecule has 0 aromatic heterocycles. The van der Waals surface area contributed by atoms with Crippen LogP contribution in [0.25, 0.3) is 0 Å². The van der Waals surface area contributed by atoms with Gasteiger partial charge in [-0.05, 0) is 13.3 Å². The molecule has 0 saturated carbocycles. The first-order valence-corrected chi connectivity index (χ1v) is 5.08. The molecule has 0 aromatic carbocycles. The Bertz CT molecular complexity index is 266. The van der Waals surface area contributed by atoms with E-state index < -0.39 is 17.4 Å². The Hall–Kier alpha value is -1.07. The Balaban J connectivity index is 2.96. The summed E-state index contributed by atoms with van der Waals surface area (Å²) < 4.78 is 4.93. The molecular weight excluding hydrogens is 198 g/mol. The standard InChI is InChI=1S/C10H17NO4/c1-3-10(9(13)15-4-2)8(7-12)5-6-11(10)14/h5-6,8,12,14H,3-4,7H2,1-2H3. The highest BCUT2D eigenvalue weighted by atomic mass is 16.6. The average Bonchev–Trinajstić information content (AvgIpc) is 2.56. The molecule has 1 rings (SSSR count). The molecule has 0 fully saturated rings. The predicted octanol–water partition coefficient (Wildman–Crippen LogP) is 0.525. The average molecular weight is 215 g/mol. The minimum absolute atomic E-state index is 0.194. The van der Waals surface area contributed by atoms with Crippen LogP contribution in [-0.4, -0.2) is 40.1 Å². The first-order valence-electron chi connectivity index (χ1n) is 5.08. The van der Waals surface area contributed by atoms with Crippen LogP contribution in [0, 0.1) is 5.92 Å². The molecule has 0 bridgehead atoms. The largest absolute Gasteiger partial charge is 0.464 e. The maximum absolute atomic E-state index is 11.8. The van der Waals surface area contributed by atoms with E-state index in [1.54, 1.807) is 19.9 Å². The van der Waals surface area contributed by atoms with E-state index in [0.29, 0.717) is 6.42 Å². The number of hydrogen-bond donors (Lipinski definition) is 2. The van der Waals surface area contributed by atoms with Gasteiger partial charge in [0.05, 0.1) is 13.2 Å². The van der Waals surface area contributed by atoms with E-state index in [-0.39, 0.29) is 13.2 Å². The van der Waals surface area contributed by atoms with E-state index >= 15 is 0 Å². The fraction of sp³-hybridized carbons (Fsp3) is 0.700. The van der Waals surface area contributed by atoms with Gasteiger partial charge in [0.2, 0.25) is 0 Å². The summed E-state index contributed by atoms with van der Waals surface area (Å²) >= 11 is 0. The number of nitrogens with zero attached hydrogens (tertiary/aromatic N) is 1. The highest BCUT2D eigenvalue weighted by molar-refractivity contribution is 5.82. The Kier molecular flexibility index (Phi) is 3.71. The second kappa shape index (κ2) is 4.63. The quantitative estimate of drug-likeness (QED) is 0.669. The van der Waals surface area contributed by atoms with Gasteiger partial charge in [0.25, 0.3) is 0 Å². The Morgan fingerprint density at radius 2 is 2.27 bits per heavy atom. The normalized spacial score (nSPS) is 29.6. The van der Waals surface area contributed by atoms with E-state index in [1.807, 2.05) is 0 Å². The fourth-order valence-electron chi connectivity index (χ4n) is 1.93. The van der Waals surface area contributed by atoms with E-state index in [1.165, 1.54) is 6.20 Å². The van der Waals surface area contributed by atoms with Crippen LogP contribution >= 0.6 is 0 Å². The number of carbonyl (C=O) groups excluding carboxylic acids is 1. The summed E-state index contributed by atoms with van der Waals surface area (Å²) in [7, 11) is 0. The summed E-state index contributed by atoms with van der Waals surface area (Å²) in [6.45, 7) is 3.54. The van der Waals surface area contributed by atoms with Crippen LogP contribution in [-0.2, 0) is 9.53 Å². The summed E-state index contributed by atoms with van der Waals surface area (Å²) in [5, 5.41) is 19.7. The number of esters is 1. The lowest BCUT2D eigenvalue weighted by molar-refractivity contribution is -0.188. The number of hydroxylamine groups is 2. The third-order valence-corrected chi connectivity index (χ3v) is 2.85. The third kappa shape index (κ3) is 1.72. The molecule has 86 valence electrons. The number of carbonyl (C=O) groups is 1. The summed E-state index contributed by atoms with van der Waals surface area (Å²) in [6.07, 6.45) is 3.38. The lowest BCUT2D eigenvalue weighted by Crippen LogP contribution is -2.54. The SMILES string of the molecule is CCOC(=O)C1(CC)C(CO)C=CN1O. The topological polar surface area (TPSA) is 70.0 Å². The second-order valence-corrected chi connectivity index (χ2v) is 3.47. The summed E-state index contributed by atoms with van der Waals surface area (Å²) in [5.74, 6) is -0.925. The van der Waals surface area contributed by atoms with Gasteiger partial charge < -0.3 is 9.84 Å². The van der Waals surface area contributed by atoms with Crippen molar-refractivity contribution in [1.29, 1.82) is 0 Å². The molecule has 0 aromatic rings. The zero-order chi connectivity index (χ0) is 11.5. The van der Waals surface area contributed by atoms with Gasteiger partial charge >= 0.3 is 5.97 Å². The maximum Gasteiger partial charge on any atom is 0.335 e. The van der Waals surface area contributed by atoms with Gasteiger partial charge in [-0.2, -0.15) is 0 Å². The molecule has 2 atom stereocenters. The molecular formula is C10H17NO4. The first-order chi connectivity index (χ1) is 7.13. The summed E-state index contributed by atoms with van der Waals surface area (Å²) in [5.41, 5.74) is -1.16. The Labute approximate surface area is 88.9 Å². The number of aliphatic hydroxyl groups is 1. The van der Waals surface area contributed by atoms with Crippen molar-refractivity contribution < 1.29 is 19.8 Å². The summed E-state index contributed by atoms with van der Waals surface area (Å²) in [6, 6.07) is 0. The van der Waals surface area contributed by atoms with E-state index in [0.717, 1.165) is 5.06 Å². The maximum atomic E-state index is 11.8. The van der Waals surface area contributed by atoms with Crippen molar-refractivity contribution in [1.82, 2.24) is 5.06 Å². The molecule has 1 aliphatic rings. The van der Waals surface area contributed by atoms with Crippen LogP contribution in [0.1, 0.15) is 20.3 Å². The van der Waals surface area contributed by atoms with E-state index in [4.69, 9.17) is 4.74 Å². The molecule has 0 aliphatic carbocycles. The molecule has 15 heavy (non-hydrogen) atoms. The van der Waals surface area contributed by atoms with Crippen molar-refractivity contribution in [2.45, 2.75) is 25.8 Å². The van der Waals surface area contributed by atoms with Crippen molar-refractivity contribution in [3.63, 3.8) is 0 Å². The highest BCUT2D eigenvalue weighted by Crippen LogP contribution is 2.35. The van der Waals surface area contributed by atoms with Crippen molar-refractivity contribution in [2.24, 2.45) is 5.92 Å². The molecule has 5 nitrogen and oxygen atoms in total. The highest BCUT2D eigenvalue weighted by Gasteiger charge is 2.51. The third-order valence-electron chi connectivity index (χ3n) is 2.85. The predicted molar refractivity (Wildman–Crippen MR) is 53.0 cm³/mol. The smallest absolute Gasteiger partial charge is 0.335 e. The number of hydrogen-bond acceptors (Lipinski definition) is 5. The van der Waals surface area contributed by atoms with Crippen LogP contribution in [0.15, 0.2) is 12.3 Å². The van der Waals surface area contributed by atoms with Crippen molar-refractivity contribution in [3.05, 3.63) is 12.3 Å². The lowest BCUT2D eigenvalue weighted by Gasteiger charge is -2.35. The molecule has 1 heterocycles. The zero-order valence-electron chi connectivity index (χ0n) is 9.01. The molecule has 0 amide bonds. The number of ether oxygens (including phenoxy) is 1.